The van der Waals surface area contributed by atoms with Crippen molar-refractivity contribution in [2.24, 2.45) is 50.2 Å². The van der Waals surface area contributed by atoms with E-state index in [4.69, 9.17) is 0 Å². The maximum atomic E-state index is 10.9. The Labute approximate surface area is 197 Å². The van der Waals surface area contributed by atoms with Gasteiger partial charge in [0, 0.05) is 0 Å². The van der Waals surface area contributed by atoms with Crippen LogP contribution in [0.3, 0.4) is 0 Å². The highest BCUT2D eigenvalue weighted by atomic mass is 16.3. The highest BCUT2D eigenvalue weighted by molar-refractivity contribution is 5.36. The SMILES string of the molecule is CC1(C)[C@@H](O)CC[C@]2(C)[C@H]3CC=C4[C@@]5(C)CC[C@@H](O)C(C)(C)[C@@H]5CC[C@@]4(C)[C@]3(C)CC[C@@H]12. The molecule has 0 aliphatic heterocycles. The predicted molar refractivity (Wildman–Crippen MR) is 132 cm³/mol. The molecule has 182 valence electrons. The molecule has 2 N–H and O–H groups in total. The van der Waals surface area contributed by atoms with Crippen molar-refractivity contribution in [1.29, 1.82) is 0 Å². The second-order valence-electron chi connectivity index (χ2n) is 15.0. The van der Waals surface area contributed by atoms with Crippen LogP contribution in [0.1, 0.15) is 113 Å². The summed E-state index contributed by atoms with van der Waals surface area (Å²) in [6.45, 7) is 19.8. The van der Waals surface area contributed by atoms with Crippen LogP contribution < -0.4 is 0 Å². The van der Waals surface area contributed by atoms with Crippen LogP contribution in [0.25, 0.3) is 0 Å². The summed E-state index contributed by atoms with van der Waals surface area (Å²) in [5.41, 5.74) is 2.91. The standard InChI is InChI=1S/C30H50O2/c1-25(2)19-11-17-29(7)21(27(19,5)15-13-23(25)31)9-10-22-28(6)16-14-24(32)26(3,4)20(28)12-18-30(22,29)8/h9,19-20,22-24,31-32H,10-18H2,1-8H3/t19-,20-,22+,23+,24-,27-,28-,29+,30+/m0/s1. The molecule has 32 heavy (non-hydrogen) atoms. The largest absolute Gasteiger partial charge is 0.393 e. The minimum absolute atomic E-state index is 0.0000945. The van der Waals surface area contributed by atoms with Crippen LogP contribution in [-0.4, -0.2) is 22.4 Å². The number of aliphatic hydroxyl groups is 2. The van der Waals surface area contributed by atoms with Gasteiger partial charge in [0.15, 0.2) is 0 Å². The van der Waals surface area contributed by atoms with Gasteiger partial charge in [-0.25, -0.2) is 0 Å². The van der Waals surface area contributed by atoms with Gasteiger partial charge in [0.1, 0.15) is 0 Å². The topological polar surface area (TPSA) is 40.5 Å². The molecular weight excluding hydrogens is 392 g/mol. The van der Waals surface area contributed by atoms with Gasteiger partial charge in [-0.3, -0.25) is 0 Å². The zero-order valence-electron chi connectivity index (χ0n) is 22.2. The van der Waals surface area contributed by atoms with Gasteiger partial charge in [0.25, 0.3) is 0 Å². The molecule has 9 atom stereocenters. The summed E-state index contributed by atoms with van der Waals surface area (Å²) in [5.74, 6) is 1.90. The van der Waals surface area contributed by atoms with E-state index in [2.05, 4.69) is 61.5 Å². The number of allylic oxidation sites excluding steroid dienone is 2. The lowest BCUT2D eigenvalue weighted by Gasteiger charge is -2.72. The van der Waals surface area contributed by atoms with E-state index in [1.54, 1.807) is 5.57 Å². The first-order valence-corrected chi connectivity index (χ1v) is 13.7. The maximum Gasteiger partial charge on any atom is 0.0594 e. The van der Waals surface area contributed by atoms with Crippen molar-refractivity contribution in [2.75, 3.05) is 0 Å². The highest BCUT2D eigenvalue weighted by Gasteiger charge is 2.69. The molecule has 4 fully saturated rings. The van der Waals surface area contributed by atoms with E-state index in [-0.39, 0.29) is 33.9 Å². The Morgan fingerprint density at radius 1 is 0.656 bits per heavy atom. The van der Waals surface area contributed by atoms with Gasteiger partial charge in [0.05, 0.1) is 12.2 Å². The predicted octanol–water partition coefficient (Wildman–Crippen LogP) is 7.14. The fourth-order valence-electron chi connectivity index (χ4n) is 11.3. The zero-order chi connectivity index (χ0) is 23.5. The van der Waals surface area contributed by atoms with E-state index in [1.807, 2.05) is 0 Å². The molecule has 5 rings (SSSR count). The molecule has 5 aliphatic carbocycles. The Bertz CT molecular complexity index is 825. The molecule has 0 amide bonds. The van der Waals surface area contributed by atoms with Crippen molar-refractivity contribution >= 4 is 0 Å². The first kappa shape index (κ1) is 23.4. The second-order valence-corrected chi connectivity index (χ2v) is 15.0. The molecule has 2 heteroatoms. The van der Waals surface area contributed by atoms with Crippen LogP contribution in [0, 0.1) is 50.2 Å². The van der Waals surface area contributed by atoms with E-state index >= 15 is 0 Å². The second kappa shape index (κ2) is 6.66. The van der Waals surface area contributed by atoms with Gasteiger partial charge in [-0.2, -0.15) is 0 Å². The molecule has 0 heterocycles. The molecule has 5 aliphatic rings. The Kier molecular flexibility index (Phi) is 4.87. The molecule has 0 saturated heterocycles. The highest BCUT2D eigenvalue weighted by Crippen LogP contribution is 2.76. The van der Waals surface area contributed by atoms with Gasteiger partial charge in [-0.15, -0.1) is 0 Å². The fraction of sp³-hybridized carbons (Fsp3) is 0.933. The molecule has 4 saturated carbocycles. The van der Waals surface area contributed by atoms with Crippen LogP contribution in [0.5, 0.6) is 0 Å². The van der Waals surface area contributed by atoms with Crippen LogP contribution in [-0.2, 0) is 0 Å². The minimum atomic E-state index is -0.164. The minimum Gasteiger partial charge on any atom is -0.393 e. The van der Waals surface area contributed by atoms with E-state index in [1.165, 1.54) is 38.5 Å². The summed E-state index contributed by atoms with van der Waals surface area (Å²) in [5, 5.41) is 21.8. The number of rotatable bonds is 0. The van der Waals surface area contributed by atoms with Crippen molar-refractivity contribution in [3.8, 4) is 0 Å². The van der Waals surface area contributed by atoms with Crippen molar-refractivity contribution < 1.29 is 10.2 Å². The summed E-state index contributed by atoms with van der Waals surface area (Å²) < 4.78 is 0. The number of fused-ring (bicyclic) bond motifs is 7. The average Bonchev–Trinajstić information content (AvgIpc) is 2.69. The van der Waals surface area contributed by atoms with Gasteiger partial charge in [-0.1, -0.05) is 67.0 Å². The number of aliphatic hydroxyl groups excluding tert-OH is 2. The van der Waals surface area contributed by atoms with Crippen LogP contribution >= 0.6 is 0 Å². The lowest BCUT2D eigenvalue weighted by Crippen LogP contribution is -2.65. The lowest BCUT2D eigenvalue weighted by molar-refractivity contribution is -0.208. The molecule has 0 aromatic carbocycles. The Morgan fingerprint density at radius 3 is 1.88 bits per heavy atom. The molecule has 0 aromatic heterocycles. The fourth-order valence-corrected chi connectivity index (χ4v) is 11.3. The van der Waals surface area contributed by atoms with Crippen molar-refractivity contribution in [1.82, 2.24) is 0 Å². The third kappa shape index (κ3) is 2.55. The third-order valence-corrected chi connectivity index (χ3v) is 13.5. The summed E-state index contributed by atoms with van der Waals surface area (Å²) >= 11 is 0. The van der Waals surface area contributed by atoms with Gasteiger partial charge in [-0.05, 0) is 108 Å². The molecule has 0 aromatic rings. The van der Waals surface area contributed by atoms with Gasteiger partial charge >= 0.3 is 0 Å². The third-order valence-electron chi connectivity index (χ3n) is 13.5. The van der Waals surface area contributed by atoms with E-state index in [0.29, 0.717) is 28.6 Å². The van der Waals surface area contributed by atoms with Crippen LogP contribution in [0.4, 0.5) is 0 Å². The molecule has 0 bridgehead atoms. The summed E-state index contributed by atoms with van der Waals surface area (Å²) in [6, 6.07) is 0. The quantitative estimate of drug-likeness (QED) is 0.391. The van der Waals surface area contributed by atoms with E-state index in [0.717, 1.165) is 19.3 Å². The molecule has 0 radical (unpaired) electrons. The molecule has 0 spiro atoms. The van der Waals surface area contributed by atoms with E-state index in [9.17, 15) is 10.2 Å². The van der Waals surface area contributed by atoms with Gasteiger partial charge in [0.2, 0.25) is 0 Å². The zero-order valence-corrected chi connectivity index (χ0v) is 22.2. The number of hydrogen-bond acceptors (Lipinski definition) is 2. The monoisotopic (exact) mass is 442 g/mol. The molecule has 2 nitrogen and oxygen atoms in total. The molecular formula is C30H50O2. The maximum absolute atomic E-state index is 10.9. The molecule has 0 unspecified atom stereocenters. The van der Waals surface area contributed by atoms with E-state index < -0.39 is 0 Å². The van der Waals surface area contributed by atoms with Crippen molar-refractivity contribution in [3.05, 3.63) is 11.6 Å². The average molecular weight is 443 g/mol. The van der Waals surface area contributed by atoms with Crippen molar-refractivity contribution in [2.45, 2.75) is 125 Å². The summed E-state index contributed by atoms with van der Waals surface area (Å²) in [7, 11) is 0. The smallest absolute Gasteiger partial charge is 0.0594 e. The van der Waals surface area contributed by atoms with Gasteiger partial charge < -0.3 is 10.2 Å². The van der Waals surface area contributed by atoms with Crippen LogP contribution in [0.15, 0.2) is 11.6 Å². The Balaban J connectivity index is 1.59. The first-order chi connectivity index (χ1) is 14.7. The lowest BCUT2D eigenvalue weighted by atomic mass is 9.32. The Hall–Kier alpha value is -0.340. The Morgan fingerprint density at radius 2 is 1.22 bits per heavy atom. The summed E-state index contributed by atoms with van der Waals surface area (Å²) in [4.78, 5) is 0. The first-order valence-electron chi connectivity index (χ1n) is 13.7. The normalized spacial score (nSPS) is 56.2. The summed E-state index contributed by atoms with van der Waals surface area (Å²) in [6.07, 6.45) is 12.9. The van der Waals surface area contributed by atoms with Crippen LogP contribution in [0.2, 0.25) is 0 Å². The number of hydrogen-bond donors (Lipinski definition) is 2. The van der Waals surface area contributed by atoms with Crippen molar-refractivity contribution in [3.63, 3.8) is 0 Å².